The second-order valence-electron chi connectivity index (χ2n) is 7.67. The Morgan fingerprint density at radius 1 is 1.23 bits per heavy atom. The number of benzene rings is 2. The normalized spacial score (nSPS) is 15.2. The van der Waals surface area contributed by atoms with Gasteiger partial charge in [-0.15, -0.1) is 0 Å². The predicted octanol–water partition coefficient (Wildman–Crippen LogP) is 4.27. The maximum absolute atomic E-state index is 12.4. The van der Waals surface area contributed by atoms with Crippen LogP contribution in [0.25, 0.3) is 10.9 Å². The fourth-order valence-electron chi connectivity index (χ4n) is 3.82. The van der Waals surface area contributed by atoms with E-state index in [1.807, 2.05) is 12.1 Å². The second kappa shape index (κ2) is 9.41. The van der Waals surface area contributed by atoms with Gasteiger partial charge in [-0.3, -0.25) is 20.0 Å². The highest BCUT2D eigenvalue weighted by molar-refractivity contribution is 6.36. The van der Waals surface area contributed by atoms with Crippen molar-refractivity contribution in [1.29, 1.82) is 0 Å². The number of amides is 1. The number of rotatable bonds is 5. The number of ether oxygens (including phenoxy) is 1. The molecule has 1 fully saturated rings. The third-order valence-electron chi connectivity index (χ3n) is 5.41. The average molecular weight is 440 g/mol. The van der Waals surface area contributed by atoms with Crippen molar-refractivity contribution in [3.05, 3.63) is 58.7 Å². The van der Waals surface area contributed by atoms with Gasteiger partial charge >= 0.3 is 0 Å². The van der Waals surface area contributed by atoms with Crippen molar-refractivity contribution in [3.8, 4) is 11.5 Å². The Bertz CT molecular complexity index is 1120. The first-order chi connectivity index (χ1) is 15.0. The molecule has 1 aliphatic heterocycles. The van der Waals surface area contributed by atoms with E-state index in [-0.39, 0.29) is 5.96 Å². The van der Waals surface area contributed by atoms with Crippen LogP contribution in [-0.4, -0.2) is 41.9 Å². The molecular formula is C23H26ClN5O2. The lowest BCUT2D eigenvalue weighted by Gasteiger charge is -2.26. The van der Waals surface area contributed by atoms with E-state index in [4.69, 9.17) is 22.1 Å². The number of piperidine rings is 1. The van der Waals surface area contributed by atoms with Crippen molar-refractivity contribution in [3.63, 3.8) is 0 Å². The Hall–Kier alpha value is -3.03. The van der Waals surface area contributed by atoms with E-state index < -0.39 is 5.91 Å². The number of carbonyl (C=O) groups is 1. The van der Waals surface area contributed by atoms with Gasteiger partial charge in [0.25, 0.3) is 5.91 Å². The zero-order chi connectivity index (χ0) is 21.8. The molecule has 1 amide bonds. The van der Waals surface area contributed by atoms with E-state index in [0.717, 1.165) is 25.4 Å². The Morgan fingerprint density at radius 2 is 2.03 bits per heavy atom. The Labute approximate surface area is 186 Å². The molecule has 3 aromatic rings. The number of nitrogens with zero attached hydrogens (tertiary/aromatic N) is 2. The number of halogens is 1. The van der Waals surface area contributed by atoms with E-state index in [1.54, 1.807) is 18.2 Å². The molecule has 0 spiro atoms. The molecule has 1 saturated heterocycles. The van der Waals surface area contributed by atoms with Crippen molar-refractivity contribution < 1.29 is 9.53 Å². The molecule has 2 heterocycles. The molecule has 1 aliphatic rings. The van der Waals surface area contributed by atoms with Crippen LogP contribution in [0, 0.1) is 0 Å². The van der Waals surface area contributed by atoms with Crippen LogP contribution < -0.4 is 15.8 Å². The zero-order valence-electron chi connectivity index (χ0n) is 17.5. The molecule has 0 unspecified atom stereocenters. The highest BCUT2D eigenvalue weighted by Gasteiger charge is 2.16. The Kier molecular flexibility index (Phi) is 6.44. The monoisotopic (exact) mass is 439 g/mol. The van der Waals surface area contributed by atoms with Crippen LogP contribution in [0.5, 0.6) is 11.5 Å². The van der Waals surface area contributed by atoms with Crippen LogP contribution in [0.3, 0.4) is 0 Å². The summed E-state index contributed by atoms with van der Waals surface area (Å²) in [6.45, 7) is 3.20. The van der Waals surface area contributed by atoms with Gasteiger partial charge in [0.15, 0.2) is 11.7 Å². The van der Waals surface area contributed by atoms with Gasteiger partial charge in [0.2, 0.25) is 0 Å². The van der Waals surface area contributed by atoms with Crippen LogP contribution >= 0.6 is 11.6 Å². The highest BCUT2D eigenvalue weighted by atomic mass is 35.5. The molecule has 2 aromatic carbocycles. The van der Waals surface area contributed by atoms with Crippen LogP contribution in [0.2, 0.25) is 5.02 Å². The minimum atomic E-state index is -0.398. The van der Waals surface area contributed by atoms with Crippen molar-refractivity contribution in [1.82, 2.24) is 15.2 Å². The fourth-order valence-corrected chi connectivity index (χ4v) is 4.03. The zero-order valence-corrected chi connectivity index (χ0v) is 18.2. The van der Waals surface area contributed by atoms with Gasteiger partial charge in [-0.05, 0) is 61.8 Å². The number of likely N-dealkylation sites (tertiary alicyclic amines) is 1. The summed E-state index contributed by atoms with van der Waals surface area (Å²) in [5.41, 5.74) is 7.77. The number of aromatic nitrogens is 1. The summed E-state index contributed by atoms with van der Waals surface area (Å²) < 4.78 is 6.18. The van der Waals surface area contributed by atoms with Gasteiger partial charge in [-0.1, -0.05) is 30.2 Å². The predicted molar refractivity (Wildman–Crippen MR) is 124 cm³/mol. The first kappa shape index (κ1) is 21.2. The quantitative estimate of drug-likeness (QED) is 0.408. The average Bonchev–Trinajstić information content (AvgIpc) is 3.23. The van der Waals surface area contributed by atoms with Crippen LogP contribution in [0.15, 0.2) is 47.5 Å². The number of fused-ring (bicyclic) bond motifs is 1. The molecule has 4 N–H and O–H groups in total. The first-order valence-corrected chi connectivity index (χ1v) is 10.8. The molecule has 0 bridgehead atoms. The number of hydrogen-bond donors (Lipinski definition) is 3. The van der Waals surface area contributed by atoms with E-state index in [2.05, 4.69) is 32.3 Å². The molecule has 0 aliphatic carbocycles. The molecule has 7 nitrogen and oxygen atoms in total. The van der Waals surface area contributed by atoms with Crippen LogP contribution in [-0.2, 0) is 6.54 Å². The summed E-state index contributed by atoms with van der Waals surface area (Å²) in [5.74, 6) is 0.966. The van der Waals surface area contributed by atoms with Crippen molar-refractivity contribution >= 4 is 34.4 Å². The molecule has 0 atom stereocenters. The summed E-state index contributed by atoms with van der Waals surface area (Å²) in [6, 6.07) is 13.3. The number of hydrogen-bond acceptors (Lipinski definition) is 4. The fraction of sp³-hybridized carbons (Fsp3) is 0.304. The van der Waals surface area contributed by atoms with Gasteiger partial charge in [-0.2, -0.15) is 0 Å². The largest absolute Gasteiger partial charge is 0.455 e. The number of nitrogens with one attached hydrogen (secondary N) is 2. The standard InChI is InChI=1S/C23H26ClN5O2/c1-26-23(25)28-22(30)19-13-17-18(24)8-9-20(21(17)27-19)31-16-7-5-6-15(12-16)14-29-10-3-2-4-11-29/h5-9,12-13,27H,2-4,10-11,14H2,1H3,(H3,25,26,28,30). The lowest BCUT2D eigenvalue weighted by molar-refractivity contribution is 0.0972. The molecule has 31 heavy (non-hydrogen) atoms. The van der Waals surface area contributed by atoms with Gasteiger partial charge < -0.3 is 15.5 Å². The molecule has 162 valence electrons. The molecule has 8 heteroatoms. The first-order valence-electron chi connectivity index (χ1n) is 10.4. The molecule has 0 radical (unpaired) electrons. The van der Waals surface area contributed by atoms with E-state index in [0.29, 0.717) is 27.4 Å². The molecule has 4 rings (SSSR count). The summed E-state index contributed by atoms with van der Waals surface area (Å²) in [4.78, 5) is 21.7. The third-order valence-corrected chi connectivity index (χ3v) is 5.74. The Morgan fingerprint density at radius 3 is 2.81 bits per heavy atom. The molecule has 1 aromatic heterocycles. The maximum Gasteiger partial charge on any atom is 0.274 e. The Balaban J connectivity index is 1.57. The summed E-state index contributed by atoms with van der Waals surface area (Å²) >= 11 is 6.36. The minimum absolute atomic E-state index is 0.0387. The van der Waals surface area contributed by atoms with Gasteiger partial charge in [0.1, 0.15) is 11.4 Å². The number of aromatic amines is 1. The van der Waals surface area contributed by atoms with Crippen LogP contribution in [0.4, 0.5) is 0 Å². The number of nitrogens with two attached hydrogens (primary N) is 1. The van der Waals surface area contributed by atoms with Gasteiger partial charge in [0.05, 0.1) is 10.5 Å². The van der Waals surface area contributed by atoms with E-state index in [9.17, 15) is 4.79 Å². The SMILES string of the molecule is CN=C(N)NC(=O)c1cc2c(Cl)ccc(Oc3cccc(CN4CCCCC4)c3)c2[nH]1. The summed E-state index contributed by atoms with van der Waals surface area (Å²) in [6.07, 6.45) is 3.84. The highest BCUT2D eigenvalue weighted by Crippen LogP contribution is 2.34. The summed E-state index contributed by atoms with van der Waals surface area (Å²) in [7, 11) is 1.50. The third kappa shape index (κ3) is 5.00. The smallest absolute Gasteiger partial charge is 0.274 e. The van der Waals surface area contributed by atoms with E-state index in [1.165, 1.54) is 31.9 Å². The van der Waals surface area contributed by atoms with Crippen molar-refractivity contribution in [2.75, 3.05) is 20.1 Å². The second-order valence-corrected chi connectivity index (χ2v) is 8.07. The molecular weight excluding hydrogens is 414 g/mol. The van der Waals surface area contributed by atoms with Crippen molar-refractivity contribution in [2.45, 2.75) is 25.8 Å². The van der Waals surface area contributed by atoms with Crippen LogP contribution in [0.1, 0.15) is 35.3 Å². The summed E-state index contributed by atoms with van der Waals surface area (Å²) in [5, 5.41) is 3.73. The molecule has 0 saturated carbocycles. The van der Waals surface area contributed by atoms with Crippen molar-refractivity contribution in [2.24, 2.45) is 10.7 Å². The lowest BCUT2D eigenvalue weighted by atomic mass is 10.1. The van der Waals surface area contributed by atoms with Gasteiger partial charge in [0, 0.05) is 19.0 Å². The number of guanidine groups is 1. The topological polar surface area (TPSA) is 95.7 Å². The number of H-pyrrole nitrogens is 1. The number of carbonyl (C=O) groups excluding carboxylic acids is 1. The van der Waals surface area contributed by atoms with E-state index >= 15 is 0 Å². The lowest BCUT2D eigenvalue weighted by Crippen LogP contribution is -2.36. The maximum atomic E-state index is 12.4. The minimum Gasteiger partial charge on any atom is -0.455 e. The number of aliphatic imine (C=N–C) groups is 1. The van der Waals surface area contributed by atoms with Gasteiger partial charge in [-0.25, -0.2) is 0 Å².